The van der Waals surface area contributed by atoms with Crippen LogP contribution in [-0.4, -0.2) is 12.0 Å². The van der Waals surface area contributed by atoms with E-state index in [-0.39, 0.29) is 11.9 Å². The molecule has 1 N–H and O–H groups in total. The molecule has 1 unspecified atom stereocenters. The Morgan fingerprint density at radius 1 is 1.26 bits per heavy atom. The van der Waals surface area contributed by atoms with Gasteiger partial charge in [0, 0.05) is 17.9 Å². The molecule has 1 heterocycles. The standard InChI is InChI=1S/C16H19FN2/c1-12-6-7-13(11-15(12)17)16(18-2)9-8-14-5-3-4-10-19-14/h3-7,10-11,16,18H,8-9H2,1-2H3. The third-order valence-corrected chi connectivity index (χ3v) is 3.36. The van der Waals surface area contributed by atoms with Crippen molar-refractivity contribution in [2.24, 2.45) is 0 Å². The normalized spacial score (nSPS) is 12.4. The van der Waals surface area contributed by atoms with E-state index < -0.39 is 0 Å². The Balaban J connectivity index is 2.05. The largest absolute Gasteiger partial charge is 0.313 e. The SMILES string of the molecule is CNC(CCc1ccccn1)c1ccc(C)c(F)c1. The molecule has 1 aromatic carbocycles. The van der Waals surface area contributed by atoms with Gasteiger partial charge in [-0.25, -0.2) is 4.39 Å². The van der Waals surface area contributed by atoms with Crippen LogP contribution in [0, 0.1) is 12.7 Å². The van der Waals surface area contributed by atoms with Crippen LogP contribution in [0.5, 0.6) is 0 Å². The van der Waals surface area contributed by atoms with E-state index in [1.807, 2.05) is 37.4 Å². The Morgan fingerprint density at radius 2 is 2.11 bits per heavy atom. The van der Waals surface area contributed by atoms with Crippen molar-refractivity contribution in [3.8, 4) is 0 Å². The summed E-state index contributed by atoms with van der Waals surface area (Å²) < 4.78 is 13.6. The van der Waals surface area contributed by atoms with E-state index >= 15 is 0 Å². The lowest BCUT2D eigenvalue weighted by Crippen LogP contribution is -2.17. The second-order valence-electron chi connectivity index (χ2n) is 4.71. The summed E-state index contributed by atoms with van der Waals surface area (Å²) in [6.07, 6.45) is 3.58. The molecule has 0 bridgehead atoms. The molecule has 2 nitrogen and oxygen atoms in total. The molecular formula is C16H19FN2. The quantitative estimate of drug-likeness (QED) is 0.888. The highest BCUT2D eigenvalue weighted by molar-refractivity contribution is 5.26. The summed E-state index contributed by atoms with van der Waals surface area (Å²) in [5, 5.41) is 3.24. The van der Waals surface area contributed by atoms with Gasteiger partial charge in [-0.2, -0.15) is 0 Å². The summed E-state index contributed by atoms with van der Waals surface area (Å²) >= 11 is 0. The highest BCUT2D eigenvalue weighted by Crippen LogP contribution is 2.20. The molecular weight excluding hydrogens is 239 g/mol. The minimum absolute atomic E-state index is 0.143. The van der Waals surface area contributed by atoms with Crippen LogP contribution in [0.4, 0.5) is 4.39 Å². The number of hydrogen-bond acceptors (Lipinski definition) is 2. The lowest BCUT2D eigenvalue weighted by Gasteiger charge is -2.17. The molecule has 0 spiro atoms. The average molecular weight is 258 g/mol. The summed E-state index contributed by atoms with van der Waals surface area (Å²) in [5.74, 6) is -0.143. The Bertz CT molecular complexity index is 526. The fraction of sp³-hybridized carbons (Fsp3) is 0.312. The molecule has 19 heavy (non-hydrogen) atoms. The number of rotatable bonds is 5. The van der Waals surface area contributed by atoms with Crippen LogP contribution in [0.3, 0.4) is 0 Å². The number of pyridine rings is 1. The fourth-order valence-electron chi connectivity index (χ4n) is 2.14. The van der Waals surface area contributed by atoms with Crippen LogP contribution in [-0.2, 0) is 6.42 Å². The molecule has 0 aliphatic heterocycles. The molecule has 0 saturated heterocycles. The first-order valence-corrected chi connectivity index (χ1v) is 6.54. The van der Waals surface area contributed by atoms with Gasteiger partial charge in [0.25, 0.3) is 0 Å². The van der Waals surface area contributed by atoms with Crippen LogP contribution in [0.2, 0.25) is 0 Å². The Kier molecular flexibility index (Phi) is 4.63. The molecule has 0 amide bonds. The summed E-state index contributed by atoms with van der Waals surface area (Å²) in [4.78, 5) is 4.31. The highest BCUT2D eigenvalue weighted by Gasteiger charge is 2.11. The van der Waals surface area contributed by atoms with Crippen LogP contribution in [0.1, 0.15) is 29.3 Å². The maximum Gasteiger partial charge on any atom is 0.126 e. The van der Waals surface area contributed by atoms with Crippen molar-refractivity contribution < 1.29 is 4.39 Å². The molecule has 0 aliphatic rings. The van der Waals surface area contributed by atoms with Gasteiger partial charge in [0.1, 0.15) is 5.82 Å². The van der Waals surface area contributed by atoms with Crippen LogP contribution in [0.25, 0.3) is 0 Å². The number of benzene rings is 1. The predicted molar refractivity (Wildman–Crippen MR) is 75.5 cm³/mol. The van der Waals surface area contributed by atoms with E-state index in [0.29, 0.717) is 5.56 Å². The summed E-state index contributed by atoms with van der Waals surface area (Å²) in [5.41, 5.74) is 2.74. The molecule has 1 atom stereocenters. The van der Waals surface area contributed by atoms with Crippen LogP contribution in [0.15, 0.2) is 42.6 Å². The second-order valence-corrected chi connectivity index (χ2v) is 4.71. The zero-order valence-electron chi connectivity index (χ0n) is 11.4. The third kappa shape index (κ3) is 3.61. The van der Waals surface area contributed by atoms with E-state index in [0.717, 1.165) is 24.1 Å². The number of nitrogens with zero attached hydrogens (tertiary/aromatic N) is 1. The van der Waals surface area contributed by atoms with Gasteiger partial charge < -0.3 is 5.32 Å². The van der Waals surface area contributed by atoms with E-state index in [1.165, 1.54) is 0 Å². The van der Waals surface area contributed by atoms with Crippen molar-refractivity contribution in [1.29, 1.82) is 0 Å². The topological polar surface area (TPSA) is 24.9 Å². The summed E-state index contributed by atoms with van der Waals surface area (Å²) in [7, 11) is 1.90. The molecule has 0 saturated carbocycles. The monoisotopic (exact) mass is 258 g/mol. The van der Waals surface area contributed by atoms with Crippen LogP contribution < -0.4 is 5.32 Å². The minimum atomic E-state index is -0.143. The smallest absolute Gasteiger partial charge is 0.126 e. The Labute approximate surface area is 113 Å². The number of aromatic nitrogens is 1. The fourth-order valence-corrected chi connectivity index (χ4v) is 2.14. The van der Waals surface area contributed by atoms with Crippen molar-refractivity contribution in [1.82, 2.24) is 10.3 Å². The van der Waals surface area contributed by atoms with E-state index in [1.54, 1.807) is 19.2 Å². The molecule has 2 rings (SSSR count). The van der Waals surface area contributed by atoms with Crippen molar-refractivity contribution in [2.75, 3.05) is 7.05 Å². The third-order valence-electron chi connectivity index (χ3n) is 3.36. The van der Waals surface area contributed by atoms with Gasteiger partial charge in [0.05, 0.1) is 0 Å². The molecule has 1 aromatic heterocycles. The molecule has 2 aromatic rings. The first-order valence-electron chi connectivity index (χ1n) is 6.54. The number of hydrogen-bond donors (Lipinski definition) is 1. The van der Waals surface area contributed by atoms with E-state index in [4.69, 9.17) is 0 Å². The highest BCUT2D eigenvalue weighted by atomic mass is 19.1. The lowest BCUT2D eigenvalue weighted by atomic mass is 9.99. The Morgan fingerprint density at radius 3 is 2.74 bits per heavy atom. The van der Waals surface area contributed by atoms with Crippen molar-refractivity contribution in [3.63, 3.8) is 0 Å². The van der Waals surface area contributed by atoms with Gasteiger partial charge in [-0.15, -0.1) is 0 Å². The Hall–Kier alpha value is -1.74. The first-order chi connectivity index (χ1) is 9.20. The van der Waals surface area contributed by atoms with Crippen molar-refractivity contribution >= 4 is 0 Å². The number of halogens is 1. The number of nitrogens with one attached hydrogen (secondary N) is 1. The molecule has 0 radical (unpaired) electrons. The zero-order chi connectivity index (χ0) is 13.7. The maximum atomic E-state index is 13.6. The summed E-state index contributed by atoms with van der Waals surface area (Å²) in [6, 6.07) is 11.5. The molecule has 0 aliphatic carbocycles. The van der Waals surface area contributed by atoms with Gasteiger partial charge in [0.15, 0.2) is 0 Å². The maximum absolute atomic E-state index is 13.6. The van der Waals surface area contributed by atoms with Crippen LogP contribution >= 0.6 is 0 Å². The molecule has 3 heteroatoms. The van der Waals surface area contributed by atoms with E-state index in [2.05, 4.69) is 10.3 Å². The minimum Gasteiger partial charge on any atom is -0.313 e. The van der Waals surface area contributed by atoms with Gasteiger partial charge >= 0.3 is 0 Å². The lowest BCUT2D eigenvalue weighted by molar-refractivity contribution is 0.538. The van der Waals surface area contributed by atoms with Crippen molar-refractivity contribution in [3.05, 3.63) is 65.2 Å². The van der Waals surface area contributed by atoms with Gasteiger partial charge in [0.2, 0.25) is 0 Å². The summed E-state index contributed by atoms with van der Waals surface area (Å²) in [6.45, 7) is 1.78. The van der Waals surface area contributed by atoms with Crippen molar-refractivity contribution in [2.45, 2.75) is 25.8 Å². The predicted octanol–water partition coefficient (Wildman–Crippen LogP) is 3.42. The number of aryl methyl sites for hydroxylation is 2. The molecule has 100 valence electrons. The van der Waals surface area contributed by atoms with Gasteiger partial charge in [-0.3, -0.25) is 4.98 Å². The zero-order valence-corrected chi connectivity index (χ0v) is 11.4. The van der Waals surface area contributed by atoms with Gasteiger partial charge in [-0.05, 0) is 56.1 Å². The second kappa shape index (κ2) is 6.43. The van der Waals surface area contributed by atoms with E-state index in [9.17, 15) is 4.39 Å². The first kappa shape index (κ1) is 13.7. The molecule has 0 fully saturated rings. The van der Waals surface area contributed by atoms with Gasteiger partial charge in [-0.1, -0.05) is 18.2 Å². The average Bonchev–Trinajstić information content (AvgIpc) is 2.44.